The number of nitrogens with zero attached hydrogens (tertiary/aromatic N) is 1. The lowest BCUT2D eigenvalue weighted by atomic mass is 10.1. The highest BCUT2D eigenvalue weighted by atomic mass is 32.2. The number of hydrogen-bond acceptors (Lipinski definition) is 4. The zero-order valence-electron chi connectivity index (χ0n) is 10.9. The van der Waals surface area contributed by atoms with Crippen molar-refractivity contribution in [1.82, 2.24) is 9.88 Å². The number of nitrogens with two attached hydrogens (primary N) is 1. The average molecular weight is 285 g/mol. The fourth-order valence-corrected chi connectivity index (χ4v) is 4.21. The number of aryl methyl sites for hydroxylation is 1. The van der Waals surface area contributed by atoms with Crippen molar-refractivity contribution >= 4 is 21.4 Å². The first-order valence-electron chi connectivity index (χ1n) is 6.35. The van der Waals surface area contributed by atoms with E-state index >= 15 is 0 Å². The molecule has 1 aromatic heterocycles. The number of nitrogens with one attached hydrogen (secondary N) is 1. The third kappa shape index (κ3) is 3.28. The van der Waals surface area contributed by atoms with Crippen molar-refractivity contribution in [2.75, 3.05) is 23.8 Å². The lowest BCUT2D eigenvalue weighted by molar-refractivity contribution is 0.0939. The highest BCUT2D eigenvalue weighted by Crippen LogP contribution is 2.17. The lowest BCUT2D eigenvalue weighted by Crippen LogP contribution is -2.31. The number of aromatic nitrogens is 1. The molecule has 3 N–H and O–H groups in total. The Balaban J connectivity index is 1.95. The summed E-state index contributed by atoms with van der Waals surface area (Å²) in [6, 6.07) is 1.63. The van der Waals surface area contributed by atoms with Gasteiger partial charge >= 0.3 is 0 Å². The second-order valence-corrected chi connectivity index (χ2v) is 7.15. The first-order valence-corrected chi connectivity index (χ1v) is 8.17. The number of sulfone groups is 1. The Hall–Kier alpha value is -1.50. The molecule has 19 heavy (non-hydrogen) atoms. The summed E-state index contributed by atoms with van der Waals surface area (Å²) < 4.78 is 24.4. The summed E-state index contributed by atoms with van der Waals surface area (Å²) in [6.07, 6.45) is 2.34. The summed E-state index contributed by atoms with van der Waals surface area (Å²) in [5.74, 6) is 0.218. The molecule has 0 aromatic carbocycles. The summed E-state index contributed by atoms with van der Waals surface area (Å²) in [5.41, 5.74) is 6.73. The van der Waals surface area contributed by atoms with Gasteiger partial charge in [-0.25, -0.2) is 8.42 Å². The van der Waals surface area contributed by atoms with Gasteiger partial charge in [0, 0.05) is 19.3 Å². The van der Waals surface area contributed by atoms with Crippen LogP contribution in [0.1, 0.15) is 23.8 Å². The van der Waals surface area contributed by atoms with Crippen molar-refractivity contribution in [3.8, 4) is 0 Å². The lowest BCUT2D eigenvalue weighted by Gasteiger charge is -2.10. The molecule has 1 unspecified atom stereocenters. The maximum absolute atomic E-state index is 12.0. The molecule has 6 nitrogen and oxygen atoms in total. The normalized spacial score (nSPS) is 21.4. The molecular formula is C12H19N3O3S. The van der Waals surface area contributed by atoms with Crippen LogP contribution in [0.5, 0.6) is 0 Å². The van der Waals surface area contributed by atoms with Gasteiger partial charge in [-0.3, -0.25) is 4.79 Å². The first-order chi connectivity index (χ1) is 8.91. The fourth-order valence-electron chi connectivity index (χ4n) is 2.35. The van der Waals surface area contributed by atoms with Gasteiger partial charge in [0.25, 0.3) is 5.91 Å². The van der Waals surface area contributed by atoms with Crippen molar-refractivity contribution in [2.24, 2.45) is 5.92 Å². The third-order valence-electron chi connectivity index (χ3n) is 3.37. The molecule has 2 heterocycles. The van der Waals surface area contributed by atoms with Crippen LogP contribution in [-0.2, 0) is 16.4 Å². The van der Waals surface area contributed by atoms with Gasteiger partial charge in [-0.05, 0) is 25.3 Å². The van der Waals surface area contributed by atoms with Crippen molar-refractivity contribution in [1.29, 1.82) is 0 Å². The molecule has 1 atom stereocenters. The fraction of sp³-hybridized carbons (Fsp3) is 0.583. The van der Waals surface area contributed by atoms with E-state index in [1.54, 1.807) is 16.8 Å². The third-order valence-corrected chi connectivity index (χ3v) is 5.21. The Kier molecular flexibility index (Phi) is 3.84. The number of nitrogen functional groups attached to an aromatic ring is 1. The van der Waals surface area contributed by atoms with Gasteiger partial charge in [0.1, 0.15) is 5.69 Å². The zero-order chi connectivity index (χ0) is 14.0. The van der Waals surface area contributed by atoms with Gasteiger partial charge in [-0.2, -0.15) is 0 Å². The van der Waals surface area contributed by atoms with E-state index in [9.17, 15) is 13.2 Å². The SMILES string of the molecule is CCn1cc(N)cc1C(=O)NCC1CCS(=O)(=O)C1. The molecule has 1 aromatic rings. The molecule has 0 bridgehead atoms. The molecule has 1 aliphatic heterocycles. The van der Waals surface area contributed by atoms with Crippen LogP contribution in [0.3, 0.4) is 0 Å². The number of carbonyl (C=O) groups excluding carboxylic acids is 1. The molecule has 7 heteroatoms. The molecule has 1 fully saturated rings. The summed E-state index contributed by atoms with van der Waals surface area (Å²) in [7, 11) is -2.89. The Morgan fingerprint density at radius 1 is 1.58 bits per heavy atom. The first kappa shape index (κ1) is 13.9. The summed E-state index contributed by atoms with van der Waals surface area (Å²) >= 11 is 0. The van der Waals surface area contributed by atoms with Gasteiger partial charge in [0.15, 0.2) is 9.84 Å². The molecule has 1 saturated heterocycles. The maximum atomic E-state index is 12.0. The smallest absolute Gasteiger partial charge is 0.267 e. The standard InChI is InChI=1S/C12H19N3O3S/c1-2-15-7-10(13)5-11(15)12(16)14-6-9-3-4-19(17,18)8-9/h5,7,9H,2-4,6,8,13H2,1H3,(H,14,16). The average Bonchev–Trinajstić information content (AvgIpc) is 2.89. The molecule has 1 amide bonds. The van der Waals surface area contributed by atoms with E-state index in [0.717, 1.165) is 0 Å². The monoisotopic (exact) mass is 285 g/mol. The minimum atomic E-state index is -2.89. The van der Waals surface area contributed by atoms with Crippen LogP contribution in [0.25, 0.3) is 0 Å². The van der Waals surface area contributed by atoms with Crippen molar-refractivity contribution < 1.29 is 13.2 Å². The van der Waals surface area contributed by atoms with Crippen molar-refractivity contribution in [2.45, 2.75) is 19.9 Å². The van der Waals surface area contributed by atoms with Crippen LogP contribution in [0.2, 0.25) is 0 Å². The molecular weight excluding hydrogens is 266 g/mol. The summed E-state index contributed by atoms with van der Waals surface area (Å²) in [5, 5.41) is 2.79. The molecule has 106 valence electrons. The number of amides is 1. The molecule has 2 rings (SSSR count). The predicted octanol–water partition coefficient (Wildman–Crippen LogP) is 0.255. The van der Waals surface area contributed by atoms with E-state index in [2.05, 4.69) is 5.32 Å². The number of hydrogen-bond donors (Lipinski definition) is 2. The molecule has 0 aliphatic carbocycles. The van der Waals surface area contributed by atoms with Gasteiger partial charge in [-0.15, -0.1) is 0 Å². The Bertz CT molecular complexity index is 577. The van der Waals surface area contributed by atoms with Crippen LogP contribution in [-0.4, -0.2) is 36.9 Å². The van der Waals surface area contributed by atoms with E-state index in [4.69, 9.17) is 5.73 Å². The number of carbonyl (C=O) groups is 1. The second kappa shape index (κ2) is 5.24. The largest absolute Gasteiger partial charge is 0.397 e. The minimum Gasteiger partial charge on any atom is -0.397 e. The molecule has 0 saturated carbocycles. The van der Waals surface area contributed by atoms with Gasteiger partial charge in [-0.1, -0.05) is 0 Å². The molecule has 0 radical (unpaired) electrons. The van der Waals surface area contributed by atoms with Gasteiger partial charge < -0.3 is 15.6 Å². The number of anilines is 1. The highest BCUT2D eigenvalue weighted by molar-refractivity contribution is 7.91. The summed E-state index contributed by atoms with van der Waals surface area (Å²) in [4.78, 5) is 12.0. The minimum absolute atomic E-state index is 0.0244. The van der Waals surface area contributed by atoms with Crippen molar-refractivity contribution in [3.63, 3.8) is 0 Å². The highest BCUT2D eigenvalue weighted by Gasteiger charge is 2.28. The Labute approximate surface area is 112 Å². The van der Waals surface area contributed by atoms with Gasteiger partial charge in [0.05, 0.1) is 17.2 Å². The van der Waals surface area contributed by atoms with E-state index in [1.807, 2.05) is 6.92 Å². The van der Waals surface area contributed by atoms with Gasteiger partial charge in [0.2, 0.25) is 0 Å². The van der Waals surface area contributed by atoms with E-state index in [1.165, 1.54) is 0 Å². The topological polar surface area (TPSA) is 94.2 Å². The van der Waals surface area contributed by atoms with E-state index in [-0.39, 0.29) is 23.3 Å². The van der Waals surface area contributed by atoms with Crippen molar-refractivity contribution in [3.05, 3.63) is 18.0 Å². The van der Waals surface area contributed by atoms with Crippen LogP contribution < -0.4 is 11.1 Å². The second-order valence-electron chi connectivity index (χ2n) is 4.92. The number of rotatable bonds is 4. The van der Waals surface area contributed by atoms with Crippen LogP contribution in [0, 0.1) is 5.92 Å². The zero-order valence-corrected chi connectivity index (χ0v) is 11.7. The maximum Gasteiger partial charge on any atom is 0.267 e. The quantitative estimate of drug-likeness (QED) is 0.829. The van der Waals surface area contributed by atoms with Crippen LogP contribution in [0.15, 0.2) is 12.3 Å². The van der Waals surface area contributed by atoms with Crippen LogP contribution in [0.4, 0.5) is 5.69 Å². The Morgan fingerprint density at radius 2 is 2.32 bits per heavy atom. The van der Waals surface area contributed by atoms with E-state index < -0.39 is 9.84 Å². The Morgan fingerprint density at radius 3 is 2.89 bits per heavy atom. The predicted molar refractivity (Wildman–Crippen MR) is 73.6 cm³/mol. The molecule has 1 aliphatic rings. The molecule has 0 spiro atoms. The van der Waals surface area contributed by atoms with E-state index in [0.29, 0.717) is 30.9 Å². The summed E-state index contributed by atoms with van der Waals surface area (Å²) in [6.45, 7) is 2.99. The van der Waals surface area contributed by atoms with Crippen LogP contribution >= 0.6 is 0 Å².